The molecule has 0 saturated carbocycles. The van der Waals surface area contributed by atoms with Gasteiger partial charge in [0.05, 0.1) is 0 Å². The number of likely N-dealkylation sites (tertiary alicyclic amines) is 1. The lowest BCUT2D eigenvalue weighted by Gasteiger charge is -2.33. The first-order valence-electron chi connectivity index (χ1n) is 11.1. The lowest BCUT2D eigenvalue weighted by atomic mass is 10.0. The molecule has 2 aliphatic rings. The summed E-state index contributed by atoms with van der Waals surface area (Å²) in [5, 5.41) is 2.99. The van der Waals surface area contributed by atoms with Gasteiger partial charge in [0.25, 0.3) is 5.91 Å². The summed E-state index contributed by atoms with van der Waals surface area (Å²) in [4.78, 5) is 28.7. The van der Waals surface area contributed by atoms with Crippen LogP contribution in [0, 0.1) is 0 Å². The first-order valence-corrected chi connectivity index (χ1v) is 11.1. The van der Waals surface area contributed by atoms with E-state index in [1.807, 2.05) is 12.1 Å². The lowest BCUT2D eigenvalue weighted by molar-refractivity contribution is -0.117. The number of carbonyl (C=O) groups is 2. The topological polar surface area (TPSA) is 52.7 Å². The van der Waals surface area contributed by atoms with Crippen LogP contribution in [0.5, 0.6) is 0 Å². The highest BCUT2D eigenvalue weighted by molar-refractivity contribution is 5.97. The summed E-state index contributed by atoms with van der Waals surface area (Å²) < 4.78 is 0. The fourth-order valence-corrected chi connectivity index (χ4v) is 4.39. The van der Waals surface area contributed by atoms with Gasteiger partial charge in [0.2, 0.25) is 5.91 Å². The average Bonchev–Trinajstić information content (AvgIpc) is 3.20. The quantitative estimate of drug-likeness (QED) is 0.787. The van der Waals surface area contributed by atoms with E-state index in [2.05, 4.69) is 41.4 Å². The maximum Gasteiger partial charge on any atom is 0.251 e. The predicted octanol–water partition coefficient (Wildman–Crippen LogP) is 4.12. The monoisotopic (exact) mass is 405 g/mol. The van der Waals surface area contributed by atoms with Crippen molar-refractivity contribution in [2.75, 3.05) is 18.0 Å². The molecule has 0 aromatic heterocycles. The molecule has 4 rings (SSSR count). The highest BCUT2D eigenvalue weighted by Gasteiger charge is 2.21. The summed E-state index contributed by atoms with van der Waals surface area (Å²) in [5.74, 6) is 0.0610. The number of hydrogen-bond acceptors (Lipinski definition) is 3. The molecular formula is C25H31N3O2. The number of carbonyl (C=O) groups excluding carboxylic acids is 2. The number of anilines is 1. The molecule has 2 heterocycles. The molecule has 0 bridgehead atoms. The van der Waals surface area contributed by atoms with E-state index in [1.165, 1.54) is 31.4 Å². The van der Waals surface area contributed by atoms with Crippen LogP contribution in [0.1, 0.15) is 60.5 Å². The fraction of sp³-hybridized carbons (Fsp3) is 0.440. The zero-order chi connectivity index (χ0) is 20.9. The first kappa shape index (κ1) is 20.6. The molecule has 1 N–H and O–H groups in total. The third kappa shape index (κ3) is 4.90. The van der Waals surface area contributed by atoms with Crippen LogP contribution in [0.2, 0.25) is 0 Å². The van der Waals surface area contributed by atoms with Crippen LogP contribution in [0.25, 0.3) is 0 Å². The standard InChI is InChI=1S/C25H31N3O2/c1-19-5-2-3-15-27(19)18-21-9-7-20(8-10-21)17-26-25(30)22-11-13-23(14-12-22)28-16-4-6-24(28)29/h7-14,19H,2-6,15-18H2,1H3,(H,26,30). The second kappa shape index (κ2) is 9.43. The van der Waals surface area contributed by atoms with Crippen molar-refractivity contribution in [3.63, 3.8) is 0 Å². The summed E-state index contributed by atoms with van der Waals surface area (Å²) in [6.45, 7) is 5.77. The molecule has 1 atom stereocenters. The molecule has 0 spiro atoms. The Morgan fingerprint density at radius 1 is 0.967 bits per heavy atom. The molecule has 2 aromatic carbocycles. The zero-order valence-corrected chi connectivity index (χ0v) is 17.8. The molecule has 0 radical (unpaired) electrons. The van der Waals surface area contributed by atoms with Crippen molar-refractivity contribution in [3.05, 3.63) is 65.2 Å². The molecule has 5 nitrogen and oxygen atoms in total. The summed E-state index contributed by atoms with van der Waals surface area (Å²) in [5.41, 5.74) is 3.90. The number of rotatable bonds is 6. The lowest BCUT2D eigenvalue weighted by Crippen LogP contribution is -2.36. The first-order chi connectivity index (χ1) is 14.6. The number of piperidine rings is 1. The summed E-state index contributed by atoms with van der Waals surface area (Å²) >= 11 is 0. The van der Waals surface area contributed by atoms with Crippen molar-refractivity contribution >= 4 is 17.5 Å². The normalized spacial score (nSPS) is 19.8. The van der Waals surface area contributed by atoms with Gasteiger partial charge in [-0.15, -0.1) is 0 Å². The summed E-state index contributed by atoms with van der Waals surface area (Å²) in [7, 11) is 0. The highest BCUT2D eigenvalue weighted by atomic mass is 16.2. The second-order valence-electron chi connectivity index (χ2n) is 8.51. The van der Waals surface area contributed by atoms with Gasteiger partial charge in [0.1, 0.15) is 0 Å². The second-order valence-corrected chi connectivity index (χ2v) is 8.51. The van der Waals surface area contributed by atoms with Gasteiger partial charge >= 0.3 is 0 Å². The van der Waals surface area contributed by atoms with Gasteiger partial charge < -0.3 is 10.2 Å². The predicted molar refractivity (Wildman–Crippen MR) is 119 cm³/mol. The maximum atomic E-state index is 12.5. The minimum atomic E-state index is -0.0967. The molecule has 2 aliphatic heterocycles. The van der Waals surface area contributed by atoms with E-state index in [0.717, 1.165) is 30.8 Å². The summed E-state index contributed by atoms with van der Waals surface area (Å²) in [6, 6.07) is 16.5. The maximum absolute atomic E-state index is 12.5. The van der Waals surface area contributed by atoms with Crippen LogP contribution in [-0.2, 0) is 17.9 Å². The van der Waals surface area contributed by atoms with Gasteiger partial charge in [0.15, 0.2) is 0 Å². The van der Waals surface area contributed by atoms with E-state index >= 15 is 0 Å². The van der Waals surface area contributed by atoms with Gasteiger partial charge in [-0.3, -0.25) is 14.5 Å². The molecule has 5 heteroatoms. The van der Waals surface area contributed by atoms with Crippen LogP contribution in [-0.4, -0.2) is 35.8 Å². The third-order valence-corrected chi connectivity index (χ3v) is 6.32. The zero-order valence-electron chi connectivity index (χ0n) is 17.8. The number of hydrogen-bond donors (Lipinski definition) is 1. The van der Waals surface area contributed by atoms with Crippen molar-refractivity contribution < 1.29 is 9.59 Å². The van der Waals surface area contributed by atoms with E-state index in [4.69, 9.17) is 0 Å². The van der Waals surface area contributed by atoms with Crippen molar-refractivity contribution in [1.29, 1.82) is 0 Å². The number of nitrogens with one attached hydrogen (secondary N) is 1. The molecule has 30 heavy (non-hydrogen) atoms. The van der Waals surface area contributed by atoms with Crippen molar-refractivity contribution in [2.24, 2.45) is 0 Å². The molecule has 2 fully saturated rings. The van der Waals surface area contributed by atoms with Crippen molar-refractivity contribution in [3.8, 4) is 0 Å². The van der Waals surface area contributed by atoms with E-state index < -0.39 is 0 Å². The van der Waals surface area contributed by atoms with Gasteiger partial charge in [0, 0.05) is 43.3 Å². The molecule has 1 unspecified atom stereocenters. The largest absolute Gasteiger partial charge is 0.348 e. The van der Waals surface area contributed by atoms with Gasteiger partial charge in [-0.1, -0.05) is 30.7 Å². The van der Waals surface area contributed by atoms with E-state index in [9.17, 15) is 9.59 Å². The molecule has 2 amide bonds. The van der Waals surface area contributed by atoms with Crippen LogP contribution in [0.4, 0.5) is 5.69 Å². The Balaban J connectivity index is 1.28. The number of benzene rings is 2. The van der Waals surface area contributed by atoms with E-state index in [-0.39, 0.29) is 11.8 Å². The minimum Gasteiger partial charge on any atom is -0.348 e. The number of nitrogens with zero attached hydrogens (tertiary/aromatic N) is 2. The average molecular weight is 406 g/mol. The molecule has 0 aliphatic carbocycles. The molecular weight excluding hydrogens is 374 g/mol. The Morgan fingerprint density at radius 3 is 2.37 bits per heavy atom. The molecule has 158 valence electrons. The van der Waals surface area contributed by atoms with Crippen LogP contribution >= 0.6 is 0 Å². The Bertz CT molecular complexity index is 876. The molecule has 2 aromatic rings. The van der Waals surface area contributed by atoms with Gasteiger partial charge in [-0.2, -0.15) is 0 Å². The summed E-state index contributed by atoms with van der Waals surface area (Å²) in [6.07, 6.45) is 5.44. The van der Waals surface area contributed by atoms with Gasteiger partial charge in [-0.25, -0.2) is 0 Å². The van der Waals surface area contributed by atoms with E-state index in [0.29, 0.717) is 24.6 Å². The SMILES string of the molecule is CC1CCCCN1Cc1ccc(CNC(=O)c2ccc(N3CCCC3=O)cc2)cc1. The Morgan fingerprint density at radius 2 is 1.70 bits per heavy atom. The Labute approximate surface area is 179 Å². The minimum absolute atomic E-state index is 0.0967. The Hall–Kier alpha value is -2.66. The van der Waals surface area contributed by atoms with Gasteiger partial charge in [-0.05, 0) is 68.1 Å². The van der Waals surface area contributed by atoms with Crippen molar-refractivity contribution in [1.82, 2.24) is 10.2 Å². The fourth-order valence-electron chi connectivity index (χ4n) is 4.39. The molecule has 2 saturated heterocycles. The third-order valence-electron chi connectivity index (χ3n) is 6.32. The number of amides is 2. The van der Waals surface area contributed by atoms with Crippen molar-refractivity contribution in [2.45, 2.75) is 58.2 Å². The smallest absolute Gasteiger partial charge is 0.251 e. The van der Waals surface area contributed by atoms with Crippen LogP contribution in [0.15, 0.2) is 48.5 Å². The van der Waals surface area contributed by atoms with E-state index in [1.54, 1.807) is 17.0 Å². The van der Waals surface area contributed by atoms with Crippen LogP contribution in [0.3, 0.4) is 0 Å². The highest BCUT2D eigenvalue weighted by Crippen LogP contribution is 2.22. The Kier molecular flexibility index (Phi) is 6.48. The van der Waals surface area contributed by atoms with Crippen LogP contribution < -0.4 is 10.2 Å².